The third kappa shape index (κ3) is 5.10. The number of amides is 1. The molecule has 0 aromatic rings. The van der Waals surface area contributed by atoms with Gasteiger partial charge in [0.2, 0.25) is 5.91 Å². The Hall–Kier alpha value is -0.630. The summed E-state index contributed by atoms with van der Waals surface area (Å²) in [5, 5.41) is 19.6. The van der Waals surface area contributed by atoms with Crippen LogP contribution in [-0.4, -0.2) is 44.7 Å². The first-order chi connectivity index (χ1) is 8.72. The molecule has 6 nitrogen and oxygen atoms in total. The van der Waals surface area contributed by atoms with Crippen LogP contribution in [0.3, 0.4) is 0 Å². The highest BCUT2D eigenvalue weighted by atomic mass is 32.2. The van der Waals surface area contributed by atoms with Gasteiger partial charge in [0.1, 0.15) is 11.5 Å². The van der Waals surface area contributed by atoms with Crippen molar-refractivity contribution < 1.29 is 19.8 Å². The quantitative estimate of drug-likeness (QED) is 0.462. The monoisotopic (exact) mass is 290 g/mol. The zero-order chi connectivity index (χ0) is 14.6. The van der Waals surface area contributed by atoms with Gasteiger partial charge >= 0.3 is 0 Å². The van der Waals surface area contributed by atoms with Gasteiger partial charge in [-0.05, 0) is 6.42 Å². The number of ketones is 1. The predicted octanol–water partition coefficient (Wildman–Crippen LogP) is -0.639. The first-order valence-electron chi connectivity index (χ1n) is 6.33. The maximum atomic E-state index is 11.2. The van der Waals surface area contributed by atoms with Crippen LogP contribution in [0.5, 0.6) is 0 Å². The molecule has 110 valence electrons. The van der Waals surface area contributed by atoms with Crippen molar-refractivity contribution in [2.45, 2.75) is 49.7 Å². The smallest absolute Gasteiger partial charge is 0.217 e. The SMILES string of the molecule is CC(CSC1CC(=O)CC1O)C(N)(O)CCC(N)=O. The molecule has 1 saturated carbocycles. The van der Waals surface area contributed by atoms with Crippen LogP contribution in [0.1, 0.15) is 32.6 Å². The van der Waals surface area contributed by atoms with Gasteiger partial charge in [0.15, 0.2) is 0 Å². The average molecular weight is 290 g/mol. The number of Topliss-reactive ketones (excluding diaryl/α,β-unsaturated/α-hetero) is 1. The van der Waals surface area contributed by atoms with Gasteiger partial charge < -0.3 is 21.7 Å². The molecule has 0 aliphatic heterocycles. The number of primary amides is 1. The van der Waals surface area contributed by atoms with Crippen molar-refractivity contribution in [1.82, 2.24) is 0 Å². The number of hydrogen-bond donors (Lipinski definition) is 4. The molecule has 4 atom stereocenters. The van der Waals surface area contributed by atoms with E-state index in [1.807, 2.05) is 0 Å². The Morgan fingerprint density at radius 1 is 1.58 bits per heavy atom. The molecule has 7 heteroatoms. The van der Waals surface area contributed by atoms with Crippen molar-refractivity contribution in [3.63, 3.8) is 0 Å². The number of aliphatic hydroxyl groups excluding tert-OH is 1. The van der Waals surface area contributed by atoms with E-state index in [0.717, 1.165) is 0 Å². The largest absolute Gasteiger partial charge is 0.392 e. The van der Waals surface area contributed by atoms with Gasteiger partial charge in [-0.1, -0.05) is 6.92 Å². The maximum Gasteiger partial charge on any atom is 0.217 e. The van der Waals surface area contributed by atoms with Crippen molar-refractivity contribution in [2.75, 3.05) is 5.75 Å². The Bertz CT molecular complexity index is 349. The molecule has 19 heavy (non-hydrogen) atoms. The first kappa shape index (κ1) is 16.4. The summed E-state index contributed by atoms with van der Waals surface area (Å²) < 4.78 is 0. The lowest BCUT2D eigenvalue weighted by Crippen LogP contribution is -2.47. The minimum atomic E-state index is -1.46. The second-order valence-corrected chi connectivity index (χ2v) is 6.52. The third-order valence-corrected chi connectivity index (χ3v) is 5.08. The second-order valence-electron chi connectivity index (χ2n) is 5.24. The van der Waals surface area contributed by atoms with Crippen LogP contribution < -0.4 is 11.5 Å². The molecule has 6 N–H and O–H groups in total. The number of nitrogens with two attached hydrogens (primary N) is 2. The highest BCUT2D eigenvalue weighted by Crippen LogP contribution is 2.31. The van der Waals surface area contributed by atoms with Crippen LogP contribution in [0.2, 0.25) is 0 Å². The van der Waals surface area contributed by atoms with Gasteiger partial charge in [0.05, 0.1) is 6.10 Å². The van der Waals surface area contributed by atoms with Gasteiger partial charge in [0, 0.05) is 36.2 Å². The predicted molar refractivity (Wildman–Crippen MR) is 73.2 cm³/mol. The van der Waals surface area contributed by atoms with E-state index < -0.39 is 17.7 Å². The zero-order valence-corrected chi connectivity index (χ0v) is 11.9. The molecular weight excluding hydrogens is 268 g/mol. The van der Waals surface area contributed by atoms with E-state index in [0.29, 0.717) is 12.2 Å². The van der Waals surface area contributed by atoms with Crippen LogP contribution in [0.25, 0.3) is 0 Å². The van der Waals surface area contributed by atoms with E-state index in [1.165, 1.54) is 11.8 Å². The molecule has 4 unspecified atom stereocenters. The molecule has 1 amide bonds. The van der Waals surface area contributed by atoms with Crippen LogP contribution in [0.15, 0.2) is 0 Å². The molecule has 0 aromatic carbocycles. The summed E-state index contributed by atoms with van der Waals surface area (Å²) in [5.74, 6) is -0.185. The summed E-state index contributed by atoms with van der Waals surface area (Å²) in [7, 11) is 0. The Balaban J connectivity index is 2.39. The third-order valence-electron chi connectivity index (χ3n) is 3.48. The fourth-order valence-electron chi connectivity index (χ4n) is 1.96. The van der Waals surface area contributed by atoms with Crippen LogP contribution in [0.4, 0.5) is 0 Å². The second kappa shape index (κ2) is 6.69. The van der Waals surface area contributed by atoms with Crippen molar-refractivity contribution in [3.05, 3.63) is 0 Å². The highest BCUT2D eigenvalue weighted by molar-refractivity contribution is 8.00. The number of carbonyl (C=O) groups excluding carboxylic acids is 2. The number of thioether (sulfide) groups is 1. The lowest BCUT2D eigenvalue weighted by Gasteiger charge is -2.30. The summed E-state index contributed by atoms with van der Waals surface area (Å²) in [4.78, 5) is 21.9. The van der Waals surface area contributed by atoms with Gasteiger partial charge in [-0.2, -0.15) is 11.8 Å². The molecule has 1 aliphatic carbocycles. The first-order valence-corrected chi connectivity index (χ1v) is 7.38. The van der Waals surface area contributed by atoms with Crippen molar-refractivity contribution in [2.24, 2.45) is 17.4 Å². The van der Waals surface area contributed by atoms with E-state index in [4.69, 9.17) is 11.5 Å². The molecule has 0 bridgehead atoms. The Labute approximate surface area is 116 Å². The minimum Gasteiger partial charge on any atom is -0.392 e. The van der Waals surface area contributed by atoms with Crippen molar-refractivity contribution in [1.29, 1.82) is 0 Å². The summed E-state index contributed by atoms with van der Waals surface area (Å²) in [6.07, 6.45) is 0.104. The van der Waals surface area contributed by atoms with Crippen molar-refractivity contribution in [3.8, 4) is 0 Å². The summed E-state index contributed by atoms with van der Waals surface area (Å²) in [6, 6.07) is 0. The standard InChI is InChI=1S/C12H22N2O4S/c1-7(12(14,18)3-2-11(13)17)6-19-10-5-8(15)4-9(10)16/h7,9-10,16,18H,2-6,14H2,1H3,(H2,13,17). The van der Waals surface area contributed by atoms with E-state index in [1.54, 1.807) is 6.92 Å². The molecule has 0 spiro atoms. The fraction of sp³-hybridized carbons (Fsp3) is 0.833. The van der Waals surface area contributed by atoms with Gasteiger partial charge in [0.25, 0.3) is 0 Å². The average Bonchev–Trinajstić information content (AvgIpc) is 2.62. The Kier molecular flexibility index (Phi) is 5.79. The molecule has 1 aliphatic rings. The molecule has 0 radical (unpaired) electrons. The molecular formula is C12H22N2O4S. The van der Waals surface area contributed by atoms with E-state index in [9.17, 15) is 19.8 Å². The number of aliphatic hydroxyl groups is 2. The Morgan fingerprint density at radius 3 is 2.68 bits per heavy atom. The normalized spacial score (nSPS) is 28.1. The van der Waals surface area contributed by atoms with Crippen molar-refractivity contribution >= 4 is 23.5 Å². The lowest BCUT2D eigenvalue weighted by molar-refractivity contribution is -0.120. The minimum absolute atomic E-state index is 0.0343. The van der Waals surface area contributed by atoms with Crippen LogP contribution in [-0.2, 0) is 9.59 Å². The molecule has 0 aromatic heterocycles. The summed E-state index contributed by atoms with van der Waals surface area (Å²) >= 11 is 1.44. The zero-order valence-electron chi connectivity index (χ0n) is 11.0. The fourth-order valence-corrected chi connectivity index (χ4v) is 3.41. The molecule has 0 saturated heterocycles. The molecule has 0 heterocycles. The van der Waals surface area contributed by atoms with Gasteiger partial charge in [-0.25, -0.2) is 0 Å². The Morgan fingerprint density at radius 2 is 2.21 bits per heavy atom. The highest BCUT2D eigenvalue weighted by Gasteiger charge is 2.34. The molecule has 1 rings (SSSR count). The van der Waals surface area contributed by atoms with E-state index in [2.05, 4.69) is 0 Å². The number of carbonyl (C=O) groups is 2. The summed E-state index contributed by atoms with van der Waals surface area (Å²) in [5.41, 5.74) is 9.32. The van der Waals surface area contributed by atoms with E-state index in [-0.39, 0.29) is 36.2 Å². The summed E-state index contributed by atoms with van der Waals surface area (Å²) in [6.45, 7) is 1.77. The molecule has 1 fully saturated rings. The number of hydrogen-bond acceptors (Lipinski definition) is 6. The van der Waals surface area contributed by atoms with Gasteiger partial charge in [-0.15, -0.1) is 0 Å². The maximum absolute atomic E-state index is 11.2. The van der Waals surface area contributed by atoms with Crippen LogP contribution >= 0.6 is 11.8 Å². The van der Waals surface area contributed by atoms with Gasteiger partial charge in [-0.3, -0.25) is 9.59 Å². The van der Waals surface area contributed by atoms with E-state index >= 15 is 0 Å². The van der Waals surface area contributed by atoms with Crippen LogP contribution in [0, 0.1) is 5.92 Å². The topological polar surface area (TPSA) is 127 Å². The number of rotatable bonds is 7. The lowest BCUT2D eigenvalue weighted by atomic mass is 9.95.